The van der Waals surface area contributed by atoms with Crippen LogP contribution in [-0.2, 0) is 14.6 Å². The molecule has 2 rings (SSSR count). The molecule has 0 unspecified atom stereocenters. The van der Waals surface area contributed by atoms with Crippen LogP contribution < -0.4 is 5.32 Å². The van der Waals surface area contributed by atoms with Crippen molar-refractivity contribution in [2.24, 2.45) is 5.92 Å². The molecular weight excluding hydrogens is 368 g/mol. The molecule has 0 aliphatic carbocycles. The molecule has 25 heavy (non-hydrogen) atoms. The van der Waals surface area contributed by atoms with Crippen molar-refractivity contribution in [3.05, 3.63) is 40.8 Å². The van der Waals surface area contributed by atoms with E-state index in [4.69, 9.17) is 16.7 Å². The van der Waals surface area contributed by atoms with Crippen molar-refractivity contribution >= 4 is 33.4 Å². The molecule has 0 aromatic heterocycles. The average molecular weight is 387 g/mol. The van der Waals surface area contributed by atoms with Gasteiger partial charge in [-0.2, -0.15) is 0 Å². The van der Waals surface area contributed by atoms with E-state index in [0.717, 1.165) is 5.41 Å². The summed E-state index contributed by atoms with van der Waals surface area (Å²) in [5.74, 6) is -0.560. The van der Waals surface area contributed by atoms with E-state index in [2.05, 4.69) is 5.32 Å². The number of hydrogen-bond acceptors (Lipinski definition) is 4. The highest BCUT2D eigenvalue weighted by atomic mass is 35.5. The number of halogens is 1. The van der Waals surface area contributed by atoms with Crippen LogP contribution in [0.15, 0.2) is 40.6 Å². The fourth-order valence-electron chi connectivity index (χ4n) is 2.47. The second-order valence-electron chi connectivity index (χ2n) is 5.66. The molecule has 1 saturated heterocycles. The van der Waals surface area contributed by atoms with E-state index in [-0.39, 0.29) is 29.8 Å². The molecule has 1 atom stereocenters. The maximum atomic E-state index is 12.1. The summed E-state index contributed by atoms with van der Waals surface area (Å²) >= 11 is 5.73. The lowest BCUT2D eigenvalue weighted by atomic mass is 10.1. The second-order valence-corrected chi connectivity index (χ2v) is 7.93. The predicted molar refractivity (Wildman–Crippen MR) is 93.1 cm³/mol. The van der Waals surface area contributed by atoms with Crippen LogP contribution in [0, 0.1) is 5.92 Å². The highest BCUT2D eigenvalue weighted by Crippen LogP contribution is 2.17. The van der Waals surface area contributed by atoms with Gasteiger partial charge in [-0.1, -0.05) is 17.7 Å². The Morgan fingerprint density at radius 1 is 1.32 bits per heavy atom. The summed E-state index contributed by atoms with van der Waals surface area (Å²) in [6.45, 7) is 0.837. The van der Waals surface area contributed by atoms with E-state index < -0.39 is 15.9 Å². The van der Waals surface area contributed by atoms with Crippen LogP contribution in [0.2, 0.25) is 5.02 Å². The van der Waals surface area contributed by atoms with E-state index in [1.807, 2.05) is 0 Å². The number of carbonyl (C=O) groups is 2. The van der Waals surface area contributed by atoms with Gasteiger partial charge in [-0.3, -0.25) is 4.79 Å². The SMILES string of the molecule is O=C(NCC/C=C/S(=O)(=O)c1ccc(Cl)cc1)[C@H]1CCN(C(=O)O)C1. The van der Waals surface area contributed by atoms with Gasteiger partial charge >= 0.3 is 6.09 Å². The lowest BCUT2D eigenvalue weighted by molar-refractivity contribution is -0.124. The minimum absolute atomic E-state index is 0.150. The van der Waals surface area contributed by atoms with Crippen molar-refractivity contribution in [2.45, 2.75) is 17.7 Å². The minimum Gasteiger partial charge on any atom is -0.465 e. The molecule has 1 heterocycles. The molecule has 1 aliphatic heterocycles. The molecule has 7 nitrogen and oxygen atoms in total. The molecule has 1 aliphatic rings. The van der Waals surface area contributed by atoms with Crippen molar-refractivity contribution in [1.82, 2.24) is 10.2 Å². The van der Waals surface area contributed by atoms with Crippen molar-refractivity contribution in [1.29, 1.82) is 0 Å². The number of sulfone groups is 1. The fourth-order valence-corrected chi connectivity index (χ4v) is 3.66. The number of amides is 2. The number of likely N-dealkylation sites (tertiary alicyclic amines) is 1. The zero-order valence-electron chi connectivity index (χ0n) is 13.4. The van der Waals surface area contributed by atoms with Crippen LogP contribution in [0.5, 0.6) is 0 Å². The maximum Gasteiger partial charge on any atom is 0.407 e. The summed E-state index contributed by atoms with van der Waals surface area (Å²) in [6, 6.07) is 5.87. The highest BCUT2D eigenvalue weighted by Gasteiger charge is 2.30. The molecule has 1 aromatic carbocycles. The zero-order chi connectivity index (χ0) is 18.4. The summed E-state index contributed by atoms with van der Waals surface area (Å²) in [5.41, 5.74) is 0. The molecule has 0 saturated carbocycles. The van der Waals surface area contributed by atoms with Gasteiger partial charge in [0, 0.05) is 30.1 Å². The van der Waals surface area contributed by atoms with Crippen molar-refractivity contribution in [3.8, 4) is 0 Å². The monoisotopic (exact) mass is 386 g/mol. The minimum atomic E-state index is -3.53. The van der Waals surface area contributed by atoms with Crippen LogP contribution in [0.1, 0.15) is 12.8 Å². The van der Waals surface area contributed by atoms with Crippen LogP contribution in [-0.4, -0.2) is 50.1 Å². The first kappa shape index (κ1) is 19.3. The third-order valence-electron chi connectivity index (χ3n) is 3.86. The van der Waals surface area contributed by atoms with Gasteiger partial charge in [0.1, 0.15) is 0 Å². The van der Waals surface area contributed by atoms with Crippen molar-refractivity contribution in [2.75, 3.05) is 19.6 Å². The van der Waals surface area contributed by atoms with Crippen LogP contribution >= 0.6 is 11.6 Å². The van der Waals surface area contributed by atoms with Gasteiger partial charge in [-0.25, -0.2) is 13.2 Å². The van der Waals surface area contributed by atoms with Gasteiger partial charge in [-0.05, 0) is 37.1 Å². The summed E-state index contributed by atoms with van der Waals surface area (Å²) < 4.78 is 24.1. The Morgan fingerprint density at radius 3 is 2.60 bits per heavy atom. The standard InChI is InChI=1S/C16H19ClN2O5S/c17-13-3-5-14(6-4-13)25(23,24)10-2-1-8-18-15(20)12-7-9-19(11-12)16(21)22/h2-6,10,12H,1,7-9,11H2,(H,18,20)(H,21,22)/b10-2+/t12-/m0/s1. The molecule has 1 fully saturated rings. The Labute approximate surface area is 151 Å². The van der Waals surface area contributed by atoms with E-state index in [1.54, 1.807) is 0 Å². The van der Waals surface area contributed by atoms with Crippen molar-refractivity contribution < 1.29 is 23.1 Å². The maximum absolute atomic E-state index is 12.1. The molecule has 0 radical (unpaired) electrons. The molecular formula is C16H19ClN2O5S. The smallest absolute Gasteiger partial charge is 0.407 e. The number of nitrogens with one attached hydrogen (secondary N) is 1. The first-order valence-corrected chi connectivity index (χ1v) is 9.65. The third-order valence-corrected chi connectivity index (χ3v) is 5.59. The summed E-state index contributed by atoms with van der Waals surface area (Å²) in [5, 5.41) is 13.1. The van der Waals surface area contributed by atoms with E-state index >= 15 is 0 Å². The highest BCUT2D eigenvalue weighted by molar-refractivity contribution is 7.94. The Morgan fingerprint density at radius 2 is 2.00 bits per heavy atom. The Hall–Kier alpha value is -2.06. The third kappa shape index (κ3) is 5.47. The molecule has 136 valence electrons. The molecule has 9 heteroatoms. The van der Waals surface area contributed by atoms with E-state index in [1.165, 1.54) is 35.2 Å². The van der Waals surface area contributed by atoms with Gasteiger partial charge in [0.15, 0.2) is 9.84 Å². The number of benzene rings is 1. The Bertz CT molecular complexity index is 761. The largest absolute Gasteiger partial charge is 0.465 e. The lowest BCUT2D eigenvalue weighted by Crippen LogP contribution is -2.34. The van der Waals surface area contributed by atoms with E-state index in [9.17, 15) is 18.0 Å². The molecule has 2 amide bonds. The quantitative estimate of drug-likeness (QED) is 0.729. The Balaban J connectivity index is 1.77. The summed E-state index contributed by atoms with van der Waals surface area (Å²) in [6.07, 6.45) is 1.31. The van der Waals surface area contributed by atoms with Gasteiger partial charge in [-0.15, -0.1) is 0 Å². The van der Waals surface area contributed by atoms with Crippen LogP contribution in [0.25, 0.3) is 0 Å². The molecule has 1 aromatic rings. The summed E-state index contributed by atoms with van der Waals surface area (Å²) in [4.78, 5) is 24.1. The van der Waals surface area contributed by atoms with Gasteiger partial charge in [0.25, 0.3) is 0 Å². The van der Waals surface area contributed by atoms with Crippen LogP contribution in [0.4, 0.5) is 4.79 Å². The number of nitrogens with zero attached hydrogens (tertiary/aromatic N) is 1. The molecule has 0 spiro atoms. The molecule has 0 bridgehead atoms. The lowest BCUT2D eigenvalue weighted by Gasteiger charge is -2.12. The number of hydrogen-bond donors (Lipinski definition) is 2. The predicted octanol–water partition coefficient (Wildman–Crippen LogP) is 2.13. The van der Waals surface area contributed by atoms with Gasteiger partial charge in [0.2, 0.25) is 5.91 Å². The zero-order valence-corrected chi connectivity index (χ0v) is 15.0. The normalized spacial score (nSPS) is 17.8. The first-order valence-electron chi connectivity index (χ1n) is 7.72. The number of carboxylic acid groups (broad SMARTS) is 1. The van der Waals surface area contributed by atoms with E-state index in [0.29, 0.717) is 24.4 Å². The fraction of sp³-hybridized carbons (Fsp3) is 0.375. The number of rotatable bonds is 6. The van der Waals surface area contributed by atoms with Crippen LogP contribution in [0.3, 0.4) is 0 Å². The molecule has 2 N–H and O–H groups in total. The second kappa shape index (κ2) is 8.35. The first-order chi connectivity index (χ1) is 11.8. The Kier molecular flexibility index (Phi) is 6.44. The van der Waals surface area contributed by atoms with Crippen molar-refractivity contribution in [3.63, 3.8) is 0 Å². The summed E-state index contributed by atoms with van der Waals surface area (Å²) in [7, 11) is -3.53. The topological polar surface area (TPSA) is 104 Å². The van der Waals surface area contributed by atoms with Gasteiger partial charge < -0.3 is 15.3 Å². The number of carbonyl (C=O) groups excluding carboxylic acids is 1. The average Bonchev–Trinajstić information content (AvgIpc) is 3.05. The van der Waals surface area contributed by atoms with Gasteiger partial charge in [0.05, 0.1) is 10.8 Å².